The van der Waals surface area contributed by atoms with Gasteiger partial charge in [0.2, 0.25) is 0 Å². The first kappa shape index (κ1) is 20.5. The molecule has 0 unspecified atom stereocenters. The van der Waals surface area contributed by atoms with Gasteiger partial charge in [-0.3, -0.25) is 9.59 Å². The molecule has 0 spiro atoms. The van der Waals surface area contributed by atoms with Crippen LogP contribution in [0.5, 0.6) is 5.75 Å². The predicted octanol–water partition coefficient (Wildman–Crippen LogP) is 4.60. The molecule has 27 heavy (non-hydrogen) atoms. The largest absolute Gasteiger partial charge is 0.494 e. The van der Waals surface area contributed by atoms with Gasteiger partial charge in [0.05, 0.1) is 6.61 Å². The minimum Gasteiger partial charge on any atom is -0.494 e. The van der Waals surface area contributed by atoms with Crippen LogP contribution in [0.1, 0.15) is 53.3 Å². The molecule has 0 saturated carbocycles. The van der Waals surface area contributed by atoms with E-state index < -0.39 is 0 Å². The van der Waals surface area contributed by atoms with Crippen LogP contribution in [0.2, 0.25) is 0 Å². The molecule has 2 aromatic carbocycles. The first-order chi connectivity index (χ1) is 13.0. The molecule has 144 valence electrons. The van der Waals surface area contributed by atoms with E-state index >= 15 is 0 Å². The van der Waals surface area contributed by atoms with Gasteiger partial charge in [-0.05, 0) is 55.0 Å². The molecule has 0 aliphatic carbocycles. The maximum atomic E-state index is 12.4. The number of carbonyl (C=O) groups is 2. The predicted molar refractivity (Wildman–Crippen MR) is 108 cm³/mol. The van der Waals surface area contributed by atoms with Crippen LogP contribution in [0, 0.1) is 0 Å². The summed E-state index contributed by atoms with van der Waals surface area (Å²) in [6.45, 7) is 2.88. The Labute approximate surface area is 161 Å². The van der Waals surface area contributed by atoms with E-state index in [0.29, 0.717) is 23.4 Å². The molecular formula is C22H28N2O3. The second-order valence-electron chi connectivity index (χ2n) is 6.66. The number of rotatable bonds is 9. The monoisotopic (exact) mass is 368 g/mol. The van der Waals surface area contributed by atoms with E-state index in [4.69, 9.17) is 4.74 Å². The van der Waals surface area contributed by atoms with Crippen molar-refractivity contribution in [1.82, 2.24) is 4.90 Å². The summed E-state index contributed by atoms with van der Waals surface area (Å²) in [5.41, 5.74) is 1.78. The molecular weight excluding hydrogens is 340 g/mol. The number of benzene rings is 2. The zero-order chi connectivity index (χ0) is 19.6. The van der Waals surface area contributed by atoms with Gasteiger partial charge in [0.1, 0.15) is 5.75 Å². The highest BCUT2D eigenvalue weighted by Crippen LogP contribution is 2.16. The fraction of sp³-hybridized carbons (Fsp3) is 0.364. The molecule has 0 heterocycles. The molecule has 0 bridgehead atoms. The quantitative estimate of drug-likeness (QED) is 0.658. The van der Waals surface area contributed by atoms with Crippen molar-refractivity contribution in [3.63, 3.8) is 0 Å². The van der Waals surface area contributed by atoms with Gasteiger partial charge in [0.25, 0.3) is 11.8 Å². The van der Waals surface area contributed by atoms with Crippen LogP contribution >= 0.6 is 0 Å². The fourth-order valence-corrected chi connectivity index (χ4v) is 2.58. The highest BCUT2D eigenvalue weighted by atomic mass is 16.5. The molecule has 5 heteroatoms. The van der Waals surface area contributed by atoms with E-state index in [1.807, 2.05) is 12.1 Å². The second kappa shape index (κ2) is 10.4. The van der Waals surface area contributed by atoms with Gasteiger partial charge in [-0.2, -0.15) is 0 Å². The van der Waals surface area contributed by atoms with Crippen LogP contribution in [0.3, 0.4) is 0 Å². The normalized spacial score (nSPS) is 10.3. The van der Waals surface area contributed by atoms with E-state index in [1.165, 1.54) is 24.2 Å². The summed E-state index contributed by atoms with van der Waals surface area (Å²) in [5, 5.41) is 2.83. The zero-order valence-corrected chi connectivity index (χ0v) is 16.3. The third-order valence-corrected chi connectivity index (χ3v) is 4.18. The van der Waals surface area contributed by atoms with Crippen molar-refractivity contribution in [3.8, 4) is 5.75 Å². The van der Waals surface area contributed by atoms with Gasteiger partial charge in [-0.25, -0.2) is 0 Å². The van der Waals surface area contributed by atoms with Crippen LogP contribution in [0.25, 0.3) is 0 Å². The SMILES string of the molecule is CCCCCCOc1ccc(C(=O)Nc2ccc(C(=O)N(C)C)cc2)cc1. The summed E-state index contributed by atoms with van der Waals surface area (Å²) in [4.78, 5) is 25.8. The molecule has 0 aliphatic heterocycles. The minimum atomic E-state index is -0.198. The van der Waals surface area contributed by atoms with Gasteiger partial charge in [-0.15, -0.1) is 0 Å². The molecule has 2 amide bonds. The van der Waals surface area contributed by atoms with Crippen molar-refractivity contribution in [2.24, 2.45) is 0 Å². The van der Waals surface area contributed by atoms with Gasteiger partial charge < -0.3 is 15.0 Å². The maximum Gasteiger partial charge on any atom is 0.255 e. The fourth-order valence-electron chi connectivity index (χ4n) is 2.58. The van der Waals surface area contributed by atoms with Crippen LogP contribution < -0.4 is 10.1 Å². The Morgan fingerprint density at radius 3 is 2.11 bits per heavy atom. The van der Waals surface area contributed by atoms with Gasteiger partial charge in [0.15, 0.2) is 0 Å². The van der Waals surface area contributed by atoms with Crippen molar-refractivity contribution in [1.29, 1.82) is 0 Å². The summed E-state index contributed by atoms with van der Waals surface area (Å²) in [7, 11) is 3.41. The third-order valence-electron chi connectivity index (χ3n) is 4.18. The Bertz CT molecular complexity index is 737. The first-order valence-corrected chi connectivity index (χ1v) is 9.37. The number of nitrogens with one attached hydrogen (secondary N) is 1. The number of anilines is 1. The molecule has 0 aliphatic rings. The van der Waals surface area contributed by atoms with Crippen LogP contribution in [-0.2, 0) is 0 Å². The number of unbranched alkanes of at least 4 members (excludes halogenated alkanes) is 3. The molecule has 1 N–H and O–H groups in total. The van der Waals surface area contributed by atoms with Crippen LogP contribution in [-0.4, -0.2) is 37.4 Å². The minimum absolute atomic E-state index is 0.0711. The van der Waals surface area contributed by atoms with Gasteiger partial charge in [0, 0.05) is 30.9 Å². The zero-order valence-electron chi connectivity index (χ0n) is 16.3. The van der Waals surface area contributed by atoms with E-state index in [-0.39, 0.29) is 11.8 Å². The van der Waals surface area contributed by atoms with Crippen molar-refractivity contribution < 1.29 is 14.3 Å². The highest BCUT2D eigenvalue weighted by molar-refractivity contribution is 6.04. The lowest BCUT2D eigenvalue weighted by atomic mass is 10.1. The average molecular weight is 368 g/mol. The van der Waals surface area contributed by atoms with Crippen LogP contribution in [0.15, 0.2) is 48.5 Å². The van der Waals surface area contributed by atoms with Gasteiger partial charge in [-0.1, -0.05) is 26.2 Å². The van der Waals surface area contributed by atoms with Crippen molar-refractivity contribution in [2.75, 3.05) is 26.0 Å². The number of nitrogens with zero attached hydrogens (tertiary/aromatic N) is 1. The summed E-state index contributed by atoms with van der Waals surface area (Å²) in [6, 6.07) is 14.0. The molecule has 5 nitrogen and oxygen atoms in total. The van der Waals surface area contributed by atoms with E-state index in [0.717, 1.165) is 12.2 Å². The number of carbonyl (C=O) groups excluding carboxylic acids is 2. The molecule has 2 aromatic rings. The number of hydrogen-bond acceptors (Lipinski definition) is 3. The molecule has 2 rings (SSSR count). The lowest BCUT2D eigenvalue weighted by Crippen LogP contribution is -2.21. The molecule has 0 saturated heterocycles. The molecule has 0 aromatic heterocycles. The summed E-state index contributed by atoms with van der Waals surface area (Å²) >= 11 is 0. The van der Waals surface area contributed by atoms with E-state index in [9.17, 15) is 9.59 Å². The number of hydrogen-bond donors (Lipinski definition) is 1. The lowest BCUT2D eigenvalue weighted by molar-refractivity contribution is 0.0827. The topological polar surface area (TPSA) is 58.6 Å². The second-order valence-corrected chi connectivity index (χ2v) is 6.66. The molecule has 0 radical (unpaired) electrons. The Morgan fingerprint density at radius 1 is 0.889 bits per heavy atom. The third kappa shape index (κ3) is 6.44. The summed E-state index contributed by atoms with van der Waals surface area (Å²) < 4.78 is 5.69. The van der Waals surface area contributed by atoms with Crippen LogP contribution in [0.4, 0.5) is 5.69 Å². The molecule has 0 fully saturated rings. The smallest absolute Gasteiger partial charge is 0.255 e. The van der Waals surface area contributed by atoms with Crippen molar-refractivity contribution >= 4 is 17.5 Å². The Kier molecular flexibility index (Phi) is 7.86. The van der Waals surface area contributed by atoms with Crippen molar-refractivity contribution in [3.05, 3.63) is 59.7 Å². The van der Waals surface area contributed by atoms with E-state index in [1.54, 1.807) is 50.5 Å². The Morgan fingerprint density at radius 2 is 1.52 bits per heavy atom. The highest BCUT2D eigenvalue weighted by Gasteiger charge is 2.09. The van der Waals surface area contributed by atoms with Gasteiger partial charge >= 0.3 is 0 Å². The molecule has 0 atom stereocenters. The standard InChI is InChI=1S/C22H28N2O3/c1-4-5-6-7-16-27-20-14-10-17(11-15-20)21(25)23-19-12-8-18(9-13-19)22(26)24(2)3/h8-15H,4-7,16H2,1-3H3,(H,23,25). The first-order valence-electron chi connectivity index (χ1n) is 9.37. The Hall–Kier alpha value is -2.82. The number of amides is 2. The number of ether oxygens (including phenoxy) is 1. The van der Waals surface area contributed by atoms with E-state index in [2.05, 4.69) is 12.2 Å². The lowest BCUT2D eigenvalue weighted by Gasteiger charge is -2.11. The average Bonchev–Trinajstić information content (AvgIpc) is 2.68. The maximum absolute atomic E-state index is 12.4. The van der Waals surface area contributed by atoms with Crippen molar-refractivity contribution in [2.45, 2.75) is 32.6 Å². The summed E-state index contributed by atoms with van der Waals surface area (Å²) in [5.74, 6) is 0.504. The Balaban J connectivity index is 1.87. The summed E-state index contributed by atoms with van der Waals surface area (Å²) in [6.07, 6.45) is 4.66.